The summed E-state index contributed by atoms with van der Waals surface area (Å²) < 4.78 is 7.34. The highest BCUT2D eigenvalue weighted by molar-refractivity contribution is 5.31. The Balaban J connectivity index is 1.70. The van der Waals surface area contributed by atoms with Crippen molar-refractivity contribution in [2.45, 2.75) is 31.5 Å². The van der Waals surface area contributed by atoms with Gasteiger partial charge in [0.1, 0.15) is 0 Å². The maximum atomic E-state index is 10.2. The molecular weight excluding hydrogens is 240 g/mol. The van der Waals surface area contributed by atoms with E-state index >= 15 is 0 Å². The molecule has 0 amide bonds. The molecule has 2 unspecified atom stereocenters. The van der Waals surface area contributed by atoms with Gasteiger partial charge in [0.25, 0.3) is 0 Å². The second-order valence-electron chi connectivity index (χ2n) is 4.94. The van der Waals surface area contributed by atoms with Crippen LogP contribution in [0, 0.1) is 0 Å². The molecule has 0 aliphatic carbocycles. The Morgan fingerprint density at radius 2 is 2.21 bits per heavy atom. The zero-order chi connectivity index (χ0) is 13.1. The lowest BCUT2D eigenvalue weighted by Gasteiger charge is -2.13. The zero-order valence-electron chi connectivity index (χ0n) is 10.8. The van der Waals surface area contributed by atoms with Gasteiger partial charge in [-0.1, -0.05) is 18.2 Å². The minimum atomic E-state index is -0.499. The predicted octanol–water partition coefficient (Wildman–Crippen LogP) is 2.47. The lowest BCUT2D eigenvalue weighted by atomic mass is 10.1. The maximum absolute atomic E-state index is 10.2. The molecule has 1 N–H and O–H groups in total. The third-order valence-electron chi connectivity index (χ3n) is 3.52. The van der Waals surface area contributed by atoms with Crippen molar-refractivity contribution in [2.75, 3.05) is 6.61 Å². The second kappa shape index (κ2) is 5.55. The Kier molecular flexibility index (Phi) is 3.62. The molecule has 3 rings (SSSR count). The summed E-state index contributed by atoms with van der Waals surface area (Å²) in [6, 6.07) is 9.89. The molecule has 2 heterocycles. The molecule has 0 radical (unpaired) electrons. The van der Waals surface area contributed by atoms with Gasteiger partial charge in [-0.25, -0.2) is 4.68 Å². The summed E-state index contributed by atoms with van der Waals surface area (Å²) in [5, 5.41) is 14.5. The molecule has 1 aromatic heterocycles. The van der Waals surface area contributed by atoms with Gasteiger partial charge in [0.2, 0.25) is 0 Å². The standard InChI is InChI=1S/C15H18N2O2/c18-15(9-14-7-4-8-19-14)12-10-16-17(11-12)13-5-2-1-3-6-13/h1-3,5-6,10-11,14-15,18H,4,7-9H2. The van der Waals surface area contributed by atoms with E-state index in [4.69, 9.17) is 4.74 Å². The van der Waals surface area contributed by atoms with Crippen LogP contribution in [0.4, 0.5) is 0 Å². The molecule has 1 aliphatic rings. The Labute approximate surface area is 112 Å². The molecule has 2 atom stereocenters. The van der Waals surface area contributed by atoms with E-state index in [1.807, 2.05) is 36.5 Å². The summed E-state index contributed by atoms with van der Waals surface area (Å²) in [5.74, 6) is 0. The van der Waals surface area contributed by atoms with E-state index in [9.17, 15) is 5.11 Å². The zero-order valence-corrected chi connectivity index (χ0v) is 10.8. The Morgan fingerprint density at radius 3 is 2.95 bits per heavy atom. The van der Waals surface area contributed by atoms with E-state index in [2.05, 4.69) is 5.10 Å². The van der Waals surface area contributed by atoms with E-state index in [-0.39, 0.29) is 6.10 Å². The maximum Gasteiger partial charge on any atom is 0.0845 e. The normalized spacial score (nSPS) is 20.6. The van der Waals surface area contributed by atoms with Crippen molar-refractivity contribution in [2.24, 2.45) is 0 Å². The molecule has 0 saturated carbocycles. The second-order valence-corrected chi connectivity index (χ2v) is 4.94. The van der Waals surface area contributed by atoms with Crippen molar-refractivity contribution >= 4 is 0 Å². The number of benzene rings is 1. The average Bonchev–Trinajstić information content (AvgIpc) is 3.10. The fourth-order valence-electron chi connectivity index (χ4n) is 2.45. The summed E-state index contributed by atoms with van der Waals surface area (Å²) in [4.78, 5) is 0. The Bertz CT molecular complexity index is 518. The monoisotopic (exact) mass is 258 g/mol. The number of aromatic nitrogens is 2. The first-order valence-electron chi connectivity index (χ1n) is 6.72. The molecule has 2 aromatic rings. The highest BCUT2D eigenvalue weighted by Gasteiger charge is 2.21. The largest absolute Gasteiger partial charge is 0.388 e. The number of hydrogen-bond donors (Lipinski definition) is 1. The lowest BCUT2D eigenvalue weighted by molar-refractivity contribution is 0.0535. The van der Waals surface area contributed by atoms with E-state index in [0.29, 0.717) is 6.42 Å². The van der Waals surface area contributed by atoms with Gasteiger partial charge in [-0.2, -0.15) is 5.10 Å². The van der Waals surface area contributed by atoms with Crippen molar-refractivity contribution in [3.05, 3.63) is 48.3 Å². The molecule has 4 heteroatoms. The van der Waals surface area contributed by atoms with Crippen LogP contribution in [0.15, 0.2) is 42.7 Å². The van der Waals surface area contributed by atoms with Crippen molar-refractivity contribution in [3.63, 3.8) is 0 Å². The van der Waals surface area contributed by atoms with Gasteiger partial charge in [-0.3, -0.25) is 0 Å². The number of aliphatic hydroxyl groups is 1. The van der Waals surface area contributed by atoms with Crippen LogP contribution in [0.25, 0.3) is 5.69 Å². The van der Waals surface area contributed by atoms with Crippen LogP contribution >= 0.6 is 0 Å². The van der Waals surface area contributed by atoms with Gasteiger partial charge < -0.3 is 9.84 Å². The molecule has 100 valence electrons. The fraction of sp³-hybridized carbons (Fsp3) is 0.400. The lowest BCUT2D eigenvalue weighted by Crippen LogP contribution is -2.10. The summed E-state index contributed by atoms with van der Waals surface area (Å²) in [7, 11) is 0. The topological polar surface area (TPSA) is 47.3 Å². The smallest absolute Gasteiger partial charge is 0.0845 e. The van der Waals surface area contributed by atoms with Crippen molar-refractivity contribution in [1.82, 2.24) is 9.78 Å². The summed E-state index contributed by atoms with van der Waals surface area (Å²) in [5.41, 5.74) is 1.84. The van der Waals surface area contributed by atoms with Crippen LogP contribution in [0.1, 0.15) is 30.9 Å². The van der Waals surface area contributed by atoms with Crippen molar-refractivity contribution < 1.29 is 9.84 Å². The summed E-state index contributed by atoms with van der Waals surface area (Å²) >= 11 is 0. The fourth-order valence-corrected chi connectivity index (χ4v) is 2.45. The predicted molar refractivity (Wildman–Crippen MR) is 72.1 cm³/mol. The number of hydrogen-bond acceptors (Lipinski definition) is 3. The van der Waals surface area contributed by atoms with Gasteiger partial charge >= 0.3 is 0 Å². The van der Waals surface area contributed by atoms with Gasteiger partial charge in [-0.05, 0) is 25.0 Å². The van der Waals surface area contributed by atoms with E-state index in [1.165, 1.54) is 0 Å². The molecule has 0 spiro atoms. The molecule has 19 heavy (non-hydrogen) atoms. The molecule has 4 nitrogen and oxygen atoms in total. The molecule has 0 bridgehead atoms. The number of para-hydroxylation sites is 1. The van der Waals surface area contributed by atoms with Crippen LogP contribution < -0.4 is 0 Å². The summed E-state index contributed by atoms with van der Waals surface area (Å²) in [6.45, 7) is 0.820. The first-order chi connectivity index (χ1) is 9.33. The first-order valence-corrected chi connectivity index (χ1v) is 6.72. The van der Waals surface area contributed by atoms with Crippen LogP contribution in [-0.4, -0.2) is 27.6 Å². The number of ether oxygens (including phenoxy) is 1. The van der Waals surface area contributed by atoms with Gasteiger partial charge in [0.05, 0.1) is 24.1 Å². The minimum Gasteiger partial charge on any atom is -0.388 e. The van der Waals surface area contributed by atoms with E-state index in [0.717, 1.165) is 30.7 Å². The molecule has 1 fully saturated rings. The molecule has 1 aliphatic heterocycles. The summed E-state index contributed by atoms with van der Waals surface area (Å²) in [6.07, 6.45) is 6.10. The third kappa shape index (κ3) is 2.85. The minimum absolute atomic E-state index is 0.190. The van der Waals surface area contributed by atoms with E-state index in [1.54, 1.807) is 10.9 Å². The number of nitrogens with zero attached hydrogens (tertiary/aromatic N) is 2. The first kappa shape index (κ1) is 12.4. The molecular formula is C15H18N2O2. The Morgan fingerprint density at radius 1 is 1.37 bits per heavy atom. The van der Waals surface area contributed by atoms with E-state index < -0.39 is 6.10 Å². The SMILES string of the molecule is OC(CC1CCCO1)c1cnn(-c2ccccc2)c1. The molecule has 1 saturated heterocycles. The van der Waals surface area contributed by atoms with Crippen molar-refractivity contribution in [3.8, 4) is 5.69 Å². The van der Waals surface area contributed by atoms with Crippen LogP contribution in [-0.2, 0) is 4.74 Å². The van der Waals surface area contributed by atoms with Gasteiger partial charge in [0.15, 0.2) is 0 Å². The van der Waals surface area contributed by atoms with Gasteiger partial charge in [0, 0.05) is 24.8 Å². The quantitative estimate of drug-likeness (QED) is 0.916. The number of rotatable bonds is 4. The van der Waals surface area contributed by atoms with Crippen LogP contribution in [0.3, 0.4) is 0 Å². The third-order valence-corrected chi connectivity index (χ3v) is 3.52. The highest BCUT2D eigenvalue weighted by Crippen LogP contribution is 2.25. The van der Waals surface area contributed by atoms with Crippen LogP contribution in [0.2, 0.25) is 0 Å². The highest BCUT2D eigenvalue weighted by atomic mass is 16.5. The van der Waals surface area contributed by atoms with Crippen LogP contribution in [0.5, 0.6) is 0 Å². The number of aliphatic hydroxyl groups excluding tert-OH is 1. The van der Waals surface area contributed by atoms with Gasteiger partial charge in [-0.15, -0.1) is 0 Å². The van der Waals surface area contributed by atoms with Crippen molar-refractivity contribution in [1.29, 1.82) is 0 Å². The molecule has 1 aromatic carbocycles. The average molecular weight is 258 g/mol. The Hall–Kier alpha value is -1.65.